The third-order valence-electron chi connectivity index (χ3n) is 8.06. The lowest BCUT2D eigenvalue weighted by Gasteiger charge is -2.24. The number of hydrogen-bond donors (Lipinski definition) is 2. The minimum Gasteiger partial charge on any atom is -0.490 e. The van der Waals surface area contributed by atoms with Crippen LogP contribution in [-0.4, -0.2) is 40.4 Å². The van der Waals surface area contributed by atoms with Crippen LogP contribution in [0.15, 0.2) is 36.7 Å². The second-order valence-electron chi connectivity index (χ2n) is 10.7. The second kappa shape index (κ2) is 9.98. The maximum absolute atomic E-state index is 15.2. The van der Waals surface area contributed by atoms with E-state index in [2.05, 4.69) is 41.3 Å². The van der Waals surface area contributed by atoms with Gasteiger partial charge in [0.25, 0.3) is 0 Å². The molecular formula is C30H32FN3O4. The zero-order valence-corrected chi connectivity index (χ0v) is 21.7. The minimum atomic E-state index is -0.792. The number of rotatable bonds is 7. The van der Waals surface area contributed by atoms with Crippen molar-refractivity contribution in [1.82, 2.24) is 9.97 Å². The largest absolute Gasteiger partial charge is 0.490 e. The van der Waals surface area contributed by atoms with Crippen LogP contribution in [0.4, 0.5) is 10.2 Å². The summed E-state index contributed by atoms with van der Waals surface area (Å²) in [5, 5.41) is 12.5. The molecule has 2 heterocycles. The summed E-state index contributed by atoms with van der Waals surface area (Å²) in [7, 11) is 0. The van der Waals surface area contributed by atoms with Crippen LogP contribution >= 0.6 is 0 Å². The Hall–Kier alpha value is -3.52. The van der Waals surface area contributed by atoms with Gasteiger partial charge in [-0.3, -0.25) is 9.78 Å². The van der Waals surface area contributed by atoms with Crippen LogP contribution < -0.4 is 10.1 Å². The third-order valence-corrected chi connectivity index (χ3v) is 8.06. The molecule has 2 aliphatic carbocycles. The number of hydrogen-bond acceptors (Lipinski definition) is 6. The molecule has 2 N–H and O–H groups in total. The van der Waals surface area contributed by atoms with Crippen molar-refractivity contribution >= 4 is 11.8 Å². The topological polar surface area (TPSA) is 93.6 Å². The monoisotopic (exact) mass is 517 g/mol. The van der Waals surface area contributed by atoms with Crippen molar-refractivity contribution in [2.75, 3.05) is 18.5 Å². The molecule has 2 aromatic carbocycles. The van der Waals surface area contributed by atoms with Crippen molar-refractivity contribution < 1.29 is 23.8 Å². The molecular weight excluding hydrogens is 485 g/mol. The molecule has 0 radical (unpaired) electrons. The van der Waals surface area contributed by atoms with Gasteiger partial charge in [0, 0.05) is 24.3 Å². The van der Waals surface area contributed by atoms with Gasteiger partial charge in [0.05, 0.1) is 43.3 Å². The van der Waals surface area contributed by atoms with Crippen molar-refractivity contribution in [3.63, 3.8) is 0 Å². The van der Waals surface area contributed by atoms with Crippen LogP contribution in [0.25, 0.3) is 11.1 Å². The lowest BCUT2D eigenvalue weighted by Crippen LogP contribution is -2.25. The third kappa shape index (κ3) is 4.73. The molecule has 198 valence electrons. The molecule has 1 saturated heterocycles. The quantitative estimate of drug-likeness (QED) is 0.412. The molecule has 0 bridgehead atoms. The number of aromatic nitrogens is 2. The van der Waals surface area contributed by atoms with Gasteiger partial charge in [0.2, 0.25) is 0 Å². The highest BCUT2D eigenvalue weighted by Crippen LogP contribution is 2.47. The van der Waals surface area contributed by atoms with E-state index in [0.29, 0.717) is 23.5 Å². The molecule has 3 aliphatic rings. The SMILES string of the molecule is Cc1cc(OC2CCOCC2)cc(C)c1-c1ccc(F)c2c1CC[C@H]2Nc1cnc([C@H]2C[C@@H]2C(=O)O)cn1. The lowest BCUT2D eigenvalue weighted by molar-refractivity contribution is -0.138. The van der Waals surface area contributed by atoms with Gasteiger partial charge < -0.3 is 19.9 Å². The molecule has 3 atom stereocenters. The molecule has 38 heavy (non-hydrogen) atoms. The number of nitrogens with zero attached hydrogens (tertiary/aromatic N) is 2. The number of fused-ring (bicyclic) bond motifs is 1. The molecule has 3 aromatic rings. The first kappa shape index (κ1) is 24.8. The highest BCUT2D eigenvalue weighted by molar-refractivity contribution is 5.77. The number of carboxylic acids is 1. The summed E-state index contributed by atoms with van der Waals surface area (Å²) in [5.41, 5.74) is 6.81. The van der Waals surface area contributed by atoms with Gasteiger partial charge in [-0.25, -0.2) is 9.37 Å². The number of aliphatic carboxylic acids is 1. The number of carbonyl (C=O) groups is 1. The summed E-state index contributed by atoms with van der Waals surface area (Å²) in [6.45, 7) is 5.65. The van der Waals surface area contributed by atoms with E-state index >= 15 is 4.39 Å². The van der Waals surface area contributed by atoms with E-state index in [1.165, 1.54) is 0 Å². The van der Waals surface area contributed by atoms with Gasteiger partial charge in [0.1, 0.15) is 23.5 Å². The average molecular weight is 518 g/mol. The number of carboxylic acid groups (broad SMARTS) is 1. The summed E-state index contributed by atoms with van der Waals surface area (Å²) < 4.78 is 26.9. The van der Waals surface area contributed by atoms with E-state index in [-0.39, 0.29) is 29.8 Å². The van der Waals surface area contributed by atoms with Crippen LogP contribution in [0, 0.1) is 25.6 Å². The van der Waals surface area contributed by atoms with Crippen LogP contribution in [-0.2, 0) is 16.0 Å². The van der Waals surface area contributed by atoms with E-state index < -0.39 is 5.97 Å². The first-order chi connectivity index (χ1) is 18.4. The Bertz CT molecular complexity index is 1350. The number of anilines is 1. The normalized spacial score (nSPS) is 22.7. The van der Waals surface area contributed by atoms with Gasteiger partial charge in [-0.15, -0.1) is 0 Å². The van der Waals surface area contributed by atoms with Gasteiger partial charge in [-0.2, -0.15) is 0 Å². The van der Waals surface area contributed by atoms with E-state index in [0.717, 1.165) is 72.5 Å². The predicted molar refractivity (Wildman–Crippen MR) is 141 cm³/mol. The maximum atomic E-state index is 15.2. The lowest BCUT2D eigenvalue weighted by atomic mass is 9.90. The van der Waals surface area contributed by atoms with Crippen molar-refractivity contribution in [2.45, 2.75) is 64.0 Å². The van der Waals surface area contributed by atoms with E-state index in [1.807, 2.05) is 6.07 Å². The van der Waals surface area contributed by atoms with E-state index in [4.69, 9.17) is 14.6 Å². The van der Waals surface area contributed by atoms with E-state index in [9.17, 15) is 4.79 Å². The molecule has 0 unspecified atom stereocenters. The molecule has 1 saturated carbocycles. The Labute approximate surface area is 221 Å². The van der Waals surface area contributed by atoms with Crippen LogP contribution in [0.2, 0.25) is 0 Å². The molecule has 0 amide bonds. The van der Waals surface area contributed by atoms with Crippen molar-refractivity contribution in [3.8, 4) is 16.9 Å². The average Bonchev–Trinajstić information content (AvgIpc) is 3.60. The molecule has 8 heteroatoms. The van der Waals surface area contributed by atoms with Crippen LogP contribution in [0.5, 0.6) is 5.75 Å². The standard InChI is InChI=1S/C30H32FN3O4/c1-16-11-19(38-18-7-9-37-10-8-18)12-17(2)28(16)20-3-5-24(31)29-21(20)4-6-25(29)34-27-15-32-26(14-33-27)22-13-23(22)30(35)36/h3,5,11-12,14-15,18,22-23,25H,4,6-10,13H2,1-2H3,(H,33,34)(H,35,36)/t22-,23-,25+/m0/s1. The molecule has 6 rings (SSSR count). The number of halogens is 1. The highest BCUT2D eigenvalue weighted by atomic mass is 19.1. The van der Waals surface area contributed by atoms with Gasteiger partial charge in [-0.05, 0) is 79.1 Å². The first-order valence-electron chi connectivity index (χ1n) is 13.4. The van der Waals surface area contributed by atoms with Crippen molar-refractivity contribution in [2.24, 2.45) is 5.92 Å². The number of benzene rings is 2. The maximum Gasteiger partial charge on any atom is 0.307 e. The Kier molecular flexibility index (Phi) is 6.51. The molecule has 2 fully saturated rings. The Balaban J connectivity index is 1.23. The van der Waals surface area contributed by atoms with Gasteiger partial charge >= 0.3 is 5.97 Å². The molecule has 1 aromatic heterocycles. The Morgan fingerprint density at radius 3 is 2.53 bits per heavy atom. The minimum absolute atomic E-state index is 0.0683. The zero-order valence-electron chi connectivity index (χ0n) is 21.7. The molecule has 0 spiro atoms. The number of nitrogens with one attached hydrogen (secondary N) is 1. The van der Waals surface area contributed by atoms with Crippen LogP contribution in [0.3, 0.4) is 0 Å². The van der Waals surface area contributed by atoms with Gasteiger partial charge in [0.15, 0.2) is 0 Å². The summed E-state index contributed by atoms with van der Waals surface area (Å²) in [6, 6.07) is 7.42. The summed E-state index contributed by atoms with van der Waals surface area (Å²) in [4.78, 5) is 20.0. The summed E-state index contributed by atoms with van der Waals surface area (Å²) in [6.07, 6.45) is 7.34. The zero-order chi connectivity index (χ0) is 26.4. The van der Waals surface area contributed by atoms with Crippen LogP contribution in [0.1, 0.15) is 65.6 Å². The Morgan fingerprint density at radius 2 is 1.87 bits per heavy atom. The smallest absolute Gasteiger partial charge is 0.307 e. The van der Waals surface area contributed by atoms with Crippen molar-refractivity contribution in [1.29, 1.82) is 0 Å². The number of aryl methyl sites for hydroxylation is 2. The fourth-order valence-electron chi connectivity index (χ4n) is 6.07. The summed E-state index contributed by atoms with van der Waals surface area (Å²) in [5.74, 6) is -0.0177. The fourth-order valence-corrected chi connectivity index (χ4v) is 6.07. The highest BCUT2D eigenvalue weighted by Gasteiger charge is 2.45. The van der Waals surface area contributed by atoms with E-state index in [1.54, 1.807) is 18.5 Å². The first-order valence-corrected chi connectivity index (χ1v) is 13.4. The van der Waals surface area contributed by atoms with Gasteiger partial charge in [-0.1, -0.05) is 6.07 Å². The Morgan fingerprint density at radius 1 is 1.11 bits per heavy atom. The fraction of sp³-hybridized carbons (Fsp3) is 0.433. The second-order valence-corrected chi connectivity index (χ2v) is 10.7. The molecule has 7 nitrogen and oxygen atoms in total. The predicted octanol–water partition coefficient (Wildman–Crippen LogP) is 5.74. The molecule has 1 aliphatic heterocycles. The summed E-state index contributed by atoms with van der Waals surface area (Å²) >= 11 is 0. The number of ether oxygens (including phenoxy) is 2. The van der Waals surface area contributed by atoms with Crippen molar-refractivity contribution in [3.05, 3.63) is 70.4 Å².